The predicted octanol–water partition coefficient (Wildman–Crippen LogP) is 3.71. The van der Waals surface area contributed by atoms with Crippen LogP contribution in [-0.4, -0.2) is 16.5 Å². The molecule has 0 atom stereocenters. The third kappa shape index (κ3) is 3.16. The van der Waals surface area contributed by atoms with Crippen molar-refractivity contribution in [2.24, 2.45) is 0 Å². The van der Waals surface area contributed by atoms with Crippen molar-refractivity contribution >= 4 is 28.4 Å². The maximum absolute atomic E-state index is 13.2. The first-order valence-electron chi connectivity index (χ1n) is 5.73. The fourth-order valence-electron chi connectivity index (χ4n) is 1.50. The molecular weight excluding hydrogens is 344 g/mol. The van der Waals surface area contributed by atoms with Gasteiger partial charge in [0, 0.05) is 18.3 Å². The third-order valence-electron chi connectivity index (χ3n) is 2.37. The molecule has 0 aliphatic carbocycles. The second kappa shape index (κ2) is 6.08. The first kappa shape index (κ1) is 13.2. The van der Waals surface area contributed by atoms with Crippen LogP contribution in [0.1, 0.15) is 13.3 Å². The summed E-state index contributed by atoms with van der Waals surface area (Å²) in [7, 11) is 0. The Balaban J connectivity index is 2.34. The quantitative estimate of drug-likeness (QED) is 0.848. The smallest absolute Gasteiger partial charge is 0.161 e. The Kier molecular flexibility index (Phi) is 4.46. The van der Waals surface area contributed by atoms with Crippen LogP contribution in [0.25, 0.3) is 11.4 Å². The summed E-state index contributed by atoms with van der Waals surface area (Å²) >= 11 is 2.18. The van der Waals surface area contributed by atoms with Gasteiger partial charge in [-0.15, -0.1) is 0 Å². The number of hydrogen-bond donors (Lipinski definition) is 1. The van der Waals surface area contributed by atoms with Gasteiger partial charge in [-0.2, -0.15) is 0 Å². The van der Waals surface area contributed by atoms with Gasteiger partial charge in [-0.1, -0.05) is 19.1 Å². The zero-order valence-corrected chi connectivity index (χ0v) is 12.1. The molecule has 1 heterocycles. The van der Waals surface area contributed by atoms with Gasteiger partial charge in [0.2, 0.25) is 0 Å². The number of benzene rings is 1. The van der Waals surface area contributed by atoms with Gasteiger partial charge >= 0.3 is 0 Å². The highest BCUT2D eigenvalue weighted by Crippen LogP contribution is 2.21. The lowest BCUT2D eigenvalue weighted by molar-refractivity contribution is 0.628. The average molecular weight is 357 g/mol. The van der Waals surface area contributed by atoms with E-state index >= 15 is 0 Å². The van der Waals surface area contributed by atoms with Gasteiger partial charge in [0.15, 0.2) is 5.82 Å². The summed E-state index contributed by atoms with van der Waals surface area (Å²) in [5.74, 6) is 1.05. The van der Waals surface area contributed by atoms with E-state index in [1.165, 1.54) is 12.1 Å². The van der Waals surface area contributed by atoms with Crippen molar-refractivity contribution in [2.45, 2.75) is 13.3 Å². The molecule has 2 aromatic rings. The van der Waals surface area contributed by atoms with E-state index in [1.54, 1.807) is 18.3 Å². The van der Waals surface area contributed by atoms with E-state index in [1.807, 2.05) is 0 Å². The summed E-state index contributed by atoms with van der Waals surface area (Å²) < 4.78 is 14.1. The van der Waals surface area contributed by atoms with Crippen molar-refractivity contribution in [3.8, 4) is 11.4 Å². The van der Waals surface area contributed by atoms with E-state index < -0.39 is 0 Å². The van der Waals surface area contributed by atoms with Crippen LogP contribution in [0, 0.1) is 9.39 Å². The number of aromatic nitrogens is 2. The Hall–Kier alpha value is -1.24. The summed E-state index contributed by atoms with van der Waals surface area (Å²) in [6.45, 7) is 2.95. The minimum Gasteiger partial charge on any atom is -0.369 e. The highest BCUT2D eigenvalue weighted by molar-refractivity contribution is 14.1. The molecule has 94 valence electrons. The van der Waals surface area contributed by atoms with Crippen LogP contribution in [0.4, 0.5) is 10.2 Å². The Labute approximate surface area is 119 Å². The molecule has 0 aliphatic heterocycles. The number of anilines is 1. The first-order chi connectivity index (χ1) is 8.70. The van der Waals surface area contributed by atoms with E-state index in [4.69, 9.17) is 0 Å². The molecule has 0 saturated carbocycles. The number of rotatable bonds is 4. The van der Waals surface area contributed by atoms with E-state index in [0.717, 1.165) is 22.4 Å². The van der Waals surface area contributed by atoms with Crippen LogP contribution in [0.3, 0.4) is 0 Å². The summed E-state index contributed by atoms with van der Waals surface area (Å²) in [4.78, 5) is 8.66. The molecule has 0 radical (unpaired) electrons. The second-order valence-electron chi connectivity index (χ2n) is 3.83. The Bertz CT molecular complexity index is 546. The van der Waals surface area contributed by atoms with Crippen LogP contribution in [0.5, 0.6) is 0 Å². The number of halogens is 2. The topological polar surface area (TPSA) is 37.8 Å². The molecule has 0 bridgehead atoms. The van der Waals surface area contributed by atoms with Crippen molar-refractivity contribution in [1.29, 1.82) is 0 Å². The molecule has 18 heavy (non-hydrogen) atoms. The molecule has 1 aromatic heterocycles. The lowest BCUT2D eigenvalue weighted by Gasteiger charge is -2.08. The minimum absolute atomic E-state index is 0.280. The van der Waals surface area contributed by atoms with Crippen molar-refractivity contribution in [2.75, 3.05) is 11.9 Å². The van der Waals surface area contributed by atoms with Gasteiger partial charge in [0.25, 0.3) is 0 Å². The molecule has 3 nitrogen and oxygen atoms in total. The van der Waals surface area contributed by atoms with E-state index in [9.17, 15) is 4.39 Å². The molecule has 1 aromatic carbocycles. The lowest BCUT2D eigenvalue weighted by atomic mass is 10.2. The molecule has 0 aliphatic rings. The van der Waals surface area contributed by atoms with E-state index in [2.05, 4.69) is 44.8 Å². The molecule has 5 heteroatoms. The van der Waals surface area contributed by atoms with Crippen molar-refractivity contribution in [1.82, 2.24) is 9.97 Å². The van der Waals surface area contributed by atoms with Gasteiger partial charge in [0.05, 0.1) is 3.57 Å². The van der Waals surface area contributed by atoms with Gasteiger partial charge < -0.3 is 5.32 Å². The maximum Gasteiger partial charge on any atom is 0.161 e. The fourth-order valence-corrected chi connectivity index (χ4v) is 1.95. The normalized spacial score (nSPS) is 10.4. The van der Waals surface area contributed by atoms with Crippen LogP contribution in [0.2, 0.25) is 0 Å². The number of nitrogens with one attached hydrogen (secondary N) is 1. The van der Waals surface area contributed by atoms with Crippen LogP contribution in [0.15, 0.2) is 30.5 Å². The first-order valence-corrected chi connectivity index (χ1v) is 6.81. The largest absolute Gasteiger partial charge is 0.369 e. The standard InChI is InChI=1S/C13H13FIN3/c1-2-6-16-13-11(15)8-17-12(18-13)9-4-3-5-10(14)7-9/h3-5,7-8H,2,6H2,1H3,(H,16,17,18). The third-order valence-corrected chi connectivity index (χ3v) is 3.16. The zero-order chi connectivity index (χ0) is 13.0. The predicted molar refractivity (Wildman–Crippen MR) is 78.9 cm³/mol. The summed E-state index contributed by atoms with van der Waals surface area (Å²) in [6.07, 6.45) is 2.77. The Morgan fingerprint density at radius 3 is 2.94 bits per heavy atom. The molecule has 0 fully saturated rings. The molecule has 1 N–H and O–H groups in total. The second-order valence-corrected chi connectivity index (χ2v) is 4.99. The summed E-state index contributed by atoms with van der Waals surface area (Å²) in [5, 5.41) is 3.24. The highest BCUT2D eigenvalue weighted by atomic mass is 127. The SMILES string of the molecule is CCCNc1nc(-c2cccc(F)c2)ncc1I. The molecule has 0 unspecified atom stereocenters. The fraction of sp³-hybridized carbons (Fsp3) is 0.231. The van der Waals surface area contributed by atoms with Crippen LogP contribution < -0.4 is 5.32 Å². The number of nitrogens with zero attached hydrogens (tertiary/aromatic N) is 2. The van der Waals surface area contributed by atoms with Crippen molar-refractivity contribution in [3.63, 3.8) is 0 Å². The number of hydrogen-bond acceptors (Lipinski definition) is 3. The summed E-state index contributed by atoms with van der Waals surface area (Å²) in [5.41, 5.74) is 0.686. The highest BCUT2D eigenvalue weighted by Gasteiger charge is 2.07. The van der Waals surface area contributed by atoms with Gasteiger partial charge in [0.1, 0.15) is 11.6 Å². The van der Waals surface area contributed by atoms with Crippen molar-refractivity contribution in [3.05, 3.63) is 39.8 Å². The van der Waals surface area contributed by atoms with Gasteiger partial charge in [-0.25, -0.2) is 14.4 Å². The lowest BCUT2D eigenvalue weighted by Crippen LogP contribution is -2.05. The molecule has 2 rings (SSSR count). The van der Waals surface area contributed by atoms with E-state index in [-0.39, 0.29) is 5.82 Å². The average Bonchev–Trinajstić information content (AvgIpc) is 2.38. The molecule has 0 spiro atoms. The van der Waals surface area contributed by atoms with Crippen LogP contribution >= 0.6 is 22.6 Å². The zero-order valence-electron chi connectivity index (χ0n) is 9.95. The maximum atomic E-state index is 13.2. The minimum atomic E-state index is -0.280. The monoisotopic (exact) mass is 357 g/mol. The Morgan fingerprint density at radius 1 is 1.39 bits per heavy atom. The Morgan fingerprint density at radius 2 is 2.22 bits per heavy atom. The molecule has 0 amide bonds. The molecular formula is C13H13FIN3. The van der Waals surface area contributed by atoms with Gasteiger partial charge in [-0.3, -0.25) is 0 Å². The summed E-state index contributed by atoms with van der Waals surface area (Å²) in [6, 6.07) is 6.30. The van der Waals surface area contributed by atoms with Gasteiger partial charge in [-0.05, 0) is 41.1 Å². The van der Waals surface area contributed by atoms with Crippen molar-refractivity contribution < 1.29 is 4.39 Å². The molecule has 0 saturated heterocycles. The van der Waals surface area contributed by atoms with Crippen LogP contribution in [-0.2, 0) is 0 Å². The van der Waals surface area contributed by atoms with E-state index in [0.29, 0.717) is 11.4 Å².